The van der Waals surface area contributed by atoms with Gasteiger partial charge in [-0.2, -0.15) is 5.10 Å². The van der Waals surface area contributed by atoms with Crippen molar-refractivity contribution in [2.24, 2.45) is 4.99 Å². The number of carboxylic acids is 1. The van der Waals surface area contributed by atoms with Gasteiger partial charge >= 0.3 is 11.7 Å². The number of hydrogen-bond donors (Lipinski definition) is 5. The Morgan fingerprint density at radius 3 is 2.22 bits per heavy atom. The second-order valence-corrected chi connectivity index (χ2v) is 11.2. The number of ketones is 2. The van der Waals surface area contributed by atoms with Crippen molar-refractivity contribution in [2.75, 3.05) is 23.8 Å². The van der Waals surface area contributed by atoms with E-state index in [9.17, 15) is 28.8 Å². The SMILES string of the molecule is Nc1cc(=O)[nH]c(SCC(=O)Cc2ccc(CC(=O)O)cc2)n1.O=C(CN=C/C=C/c1ccccc1)CSc1n[nH]c(=O)[nH]c1=O. The number of thioether (sulfide) groups is 2. The summed E-state index contributed by atoms with van der Waals surface area (Å²) in [4.78, 5) is 80.1. The topological polar surface area (TPSA) is 234 Å². The number of aromatic nitrogens is 5. The predicted octanol–water partition coefficient (Wildman–Crippen LogP) is 1.79. The maximum atomic E-state index is 12.0. The summed E-state index contributed by atoms with van der Waals surface area (Å²) in [5.41, 5.74) is 6.35. The molecule has 0 fully saturated rings. The molecule has 0 aliphatic rings. The van der Waals surface area contributed by atoms with Crippen molar-refractivity contribution >= 4 is 59.2 Å². The fourth-order valence-electron chi connectivity index (χ4n) is 3.46. The Kier molecular flexibility index (Phi) is 14.1. The monoisotopic (exact) mass is 663 g/mol. The highest BCUT2D eigenvalue weighted by Gasteiger charge is 2.09. The molecule has 0 radical (unpaired) electrons. The number of nitrogens with one attached hydrogen (secondary N) is 3. The number of benzene rings is 2. The second-order valence-electron chi connectivity index (χ2n) is 9.27. The first kappa shape index (κ1) is 35.1. The number of carbonyl (C=O) groups excluding carboxylic acids is 2. The molecule has 0 aliphatic heterocycles. The quantitative estimate of drug-likeness (QED) is 0.0738. The van der Waals surface area contributed by atoms with E-state index in [1.54, 1.807) is 36.6 Å². The summed E-state index contributed by atoms with van der Waals surface area (Å²) in [6.45, 7) is 0.0212. The second kappa shape index (κ2) is 18.5. The molecule has 0 bridgehead atoms. The number of nitrogens with two attached hydrogens (primary N) is 1. The van der Waals surface area contributed by atoms with Crippen LogP contribution in [0.3, 0.4) is 0 Å². The summed E-state index contributed by atoms with van der Waals surface area (Å²) in [5.74, 6) is -0.755. The van der Waals surface area contributed by atoms with Crippen LogP contribution in [0.2, 0.25) is 0 Å². The van der Waals surface area contributed by atoms with E-state index in [0.29, 0.717) is 10.7 Å². The number of carboxylic acid groups (broad SMARTS) is 1. The Bertz CT molecular complexity index is 1870. The van der Waals surface area contributed by atoms with Gasteiger partial charge in [0.05, 0.1) is 24.5 Å². The van der Waals surface area contributed by atoms with Gasteiger partial charge in [-0.3, -0.25) is 33.9 Å². The summed E-state index contributed by atoms with van der Waals surface area (Å²) in [6, 6.07) is 17.8. The van der Waals surface area contributed by atoms with Gasteiger partial charge in [-0.05, 0) is 22.8 Å². The van der Waals surface area contributed by atoms with Crippen LogP contribution in [0.1, 0.15) is 16.7 Å². The molecule has 4 aromatic rings. The molecule has 16 heteroatoms. The van der Waals surface area contributed by atoms with E-state index >= 15 is 0 Å². The zero-order chi connectivity index (χ0) is 33.3. The predicted molar refractivity (Wildman–Crippen MR) is 177 cm³/mol. The number of hydrogen-bond acceptors (Lipinski definition) is 12. The molecule has 238 valence electrons. The molecule has 2 aromatic carbocycles. The molecule has 4 rings (SSSR count). The van der Waals surface area contributed by atoms with E-state index in [4.69, 9.17) is 10.8 Å². The number of aromatic amines is 3. The van der Waals surface area contributed by atoms with Crippen LogP contribution in [0, 0.1) is 0 Å². The molecule has 0 saturated heterocycles. The normalized spacial score (nSPS) is 10.9. The number of carbonyl (C=O) groups is 3. The molecule has 46 heavy (non-hydrogen) atoms. The fraction of sp³-hybridized carbons (Fsp3) is 0.167. The molecular weight excluding hydrogens is 635 g/mol. The summed E-state index contributed by atoms with van der Waals surface area (Å²) in [6.07, 6.45) is 5.38. The van der Waals surface area contributed by atoms with Gasteiger partial charge < -0.3 is 15.8 Å². The van der Waals surface area contributed by atoms with E-state index in [0.717, 1.165) is 34.7 Å². The maximum Gasteiger partial charge on any atom is 0.342 e. The highest BCUT2D eigenvalue weighted by atomic mass is 32.2. The van der Waals surface area contributed by atoms with E-state index in [1.165, 1.54) is 6.07 Å². The first-order valence-corrected chi connectivity index (χ1v) is 15.4. The van der Waals surface area contributed by atoms with Crippen LogP contribution in [0.25, 0.3) is 6.08 Å². The Morgan fingerprint density at radius 2 is 1.57 bits per heavy atom. The molecule has 0 saturated carbocycles. The molecule has 0 atom stereocenters. The van der Waals surface area contributed by atoms with Gasteiger partial charge in [0.25, 0.3) is 11.1 Å². The zero-order valence-electron chi connectivity index (χ0n) is 24.2. The Labute approximate surface area is 269 Å². The number of allylic oxidation sites excluding steroid dienone is 1. The van der Waals surface area contributed by atoms with Gasteiger partial charge in [-0.1, -0.05) is 84.2 Å². The summed E-state index contributed by atoms with van der Waals surface area (Å²) >= 11 is 2.07. The number of aliphatic carboxylic acids is 1. The first-order valence-electron chi connectivity index (χ1n) is 13.4. The fourth-order valence-corrected chi connectivity index (χ4v) is 4.89. The Morgan fingerprint density at radius 1 is 0.891 bits per heavy atom. The molecule has 2 aromatic heterocycles. The van der Waals surface area contributed by atoms with Crippen molar-refractivity contribution in [2.45, 2.75) is 23.0 Å². The number of aliphatic imine (C=N–C) groups is 1. The van der Waals surface area contributed by atoms with Crippen LogP contribution in [0.5, 0.6) is 0 Å². The number of nitrogen functional groups attached to an aromatic ring is 1. The van der Waals surface area contributed by atoms with Crippen LogP contribution in [-0.2, 0) is 27.2 Å². The van der Waals surface area contributed by atoms with Gasteiger partial charge in [-0.15, -0.1) is 0 Å². The lowest BCUT2D eigenvalue weighted by Gasteiger charge is -2.03. The van der Waals surface area contributed by atoms with Crippen LogP contribution < -0.4 is 22.5 Å². The van der Waals surface area contributed by atoms with Gasteiger partial charge in [0.1, 0.15) is 11.6 Å². The van der Waals surface area contributed by atoms with E-state index in [-0.39, 0.29) is 58.9 Å². The lowest BCUT2D eigenvalue weighted by Crippen LogP contribution is -2.25. The highest BCUT2D eigenvalue weighted by Crippen LogP contribution is 2.14. The van der Waals surface area contributed by atoms with E-state index < -0.39 is 17.2 Å². The van der Waals surface area contributed by atoms with Crippen molar-refractivity contribution in [3.63, 3.8) is 0 Å². The minimum absolute atomic E-state index is 0.0212. The van der Waals surface area contributed by atoms with Gasteiger partial charge in [0, 0.05) is 18.7 Å². The van der Waals surface area contributed by atoms with Gasteiger partial charge in [0.2, 0.25) is 0 Å². The van der Waals surface area contributed by atoms with Crippen molar-refractivity contribution < 1.29 is 19.5 Å². The van der Waals surface area contributed by atoms with Gasteiger partial charge in [-0.25, -0.2) is 14.9 Å². The summed E-state index contributed by atoms with van der Waals surface area (Å²) < 4.78 is 0. The van der Waals surface area contributed by atoms with Crippen molar-refractivity contribution in [3.05, 3.63) is 115 Å². The van der Waals surface area contributed by atoms with Gasteiger partial charge in [0.15, 0.2) is 16.0 Å². The summed E-state index contributed by atoms with van der Waals surface area (Å²) in [7, 11) is 0. The van der Waals surface area contributed by atoms with E-state index in [2.05, 4.69) is 25.2 Å². The minimum atomic E-state index is -0.895. The number of rotatable bonds is 14. The number of nitrogens with zero attached hydrogens (tertiary/aromatic N) is 3. The third-order valence-electron chi connectivity index (χ3n) is 5.49. The minimum Gasteiger partial charge on any atom is -0.481 e. The lowest BCUT2D eigenvalue weighted by atomic mass is 10.1. The molecule has 2 heterocycles. The van der Waals surface area contributed by atoms with Crippen molar-refractivity contribution in [1.82, 2.24) is 25.1 Å². The van der Waals surface area contributed by atoms with Crippen molar-refractivity contribution in [1.29, 1.82) is 0 Å². The number of H-pyrrole nitrogens is 3. The third kappa shape index (κ3) is 13.5. The smallest absolute Gasteiger partial charge is 0.342 e. The molecule has 0 aliphatic carbocycles. The van der Waals surface area contributed by atoms with Crippen LogP contribution in [0.15, 0.2) is 96.3 Å². The Balaban J connectivity index is 0.000000250. The van der Waals surface area contributed by atoms with Crippen LogP contribution in [-0.4, -0.2) is 72.1 Å². The van der Waals surface area contributed by atoms with Crippen molar-refractivity contribution in [3.8, 4) is 0 Å². The molecule has 0 amide bonds. The Hall–Kier alpha value is -5.35. The molecule has 0 spiro atoms. The first-order chi connectivity index (χ1) is 22.1. The number of Topliss-reactive ketones (excluding diaryl/α,β-unsaturated/α-hetero) is 2. The molecule has 0 unspecified atom stereocenters. The summed E-state index contributed by atoms with van der Waals surface area (Å²) in [5, 5.41) is 14.7. The van der Waals surface area contributed by atoms with Crippen LogP contribution in [0.4, 0.5) is 5.82 Å². The standard InChI is InChI=1S/C15H14N4O3S.C15H15N3O4S/c20-12(10-23-14-13(21)17-15(22)19-18-14)9-16-8-4-7-11-5-2-1-3-6-11;16-12-7-13(20)18-15(17-12)23-8-11(19)5-9-1-3-10(4-2-9)6-14(21)22/h1-8H,9-10H2,(H2,17,19,21,22);1-4,7H,5-6,8H2,(H,21,22)(H3,16,17,18,20)/b7-4+,16-8?;. The maximum absolute atomic E-state index is 12.0. The molecule has 6 N–H and O–H groups in total. The lowest BCUT2D eigenvalue weighted by molar-refractivity contribution is -0.136. The largest absolute Gasteiger partial charge is 0.481 e. The highest BCUT2D eigenvalue weighted by molar-refractivity contribution is 8.00. The number of anilines is 1. The zero-order valence-corrected chi connectivity index (χ0v) is 25.8. The van der Waals surface area contributed by atoms with E-state index in [1.807, 2.05) is 41.4 Å². The average Bonchev–Trinajstić information content (AvgIpc) is 3.00. The van der Waals surface area contributed by atoms with Crippen LogP contribution >= 0.6 is 23.5 Å². The third-order valence-corrected chi connectivity index (χ3v) is 7.44. The average molecular weight is 664 g/mol. The molecule has 14 nitrogen and oxygen atoms in total. The molecular formula is C30H29N7O7S2.